The van der Waals surface area contributed by atoms with Crippen molar-refractivity contribution < 1.29 is 19.1 Å². The van der Waals surface area contributed by atoms with Crippen LogP contribution in [0.2, 0.25) is 0 Å². The van der Waals surface area contributed by atoms with Gasteiger partial charge in [0.05, 0.1) is 19.9 Å². The monoisotopic (exact) mass is 540 g/mol. The SMILES string of the molecule is O=C(CN1CN(c2ccccc2)C2(CCN(C(=O)c3cccc(Br)c3)CC2)C1=O)N1CCOCC1. The van der Waals surface area contributed by atoms with Gasteiger partial charge in [0.2, 0.25) is 5.91 Å². The number of nitrogens with zero attached hydrogens (tertiary/aromatic N) is 4. The van der Waals surface area contributed by atoms with Crippen LogP contribution in [-0.4, -0.2) is 90.6 Å². The number of ether oxygens (including phenoxy) is 1. The van der Waals surface area contributed by atoms with E-state index in [2.05, 4.69) is 20.8 Å². The summed E-state index contributed by atoms with van der Waals surface area (Å²) < 4.78 is 6.22. The molecule has 35 heavy (non-hydrogen) atoms. The van der Waals surface area contributed by atoms with Gasteiger partial charge in [0, 0.05) is 41.9 Å². The van der Waals surface area contributed by atoms with Gasteiger partial charge in [0.25, 0.3) is 11.8 Å². The molecular formula is C26H29BrN4O4. The van der Waals surface area contributed by atoms with Crippen LogP contribution < -0.4 is 4.90 Å². The summed E-state index contributed by atoms with van der Waals surface area (Å²) >= 11 is 3.43. The molecule has 0 bridgehead atoms. The Hall–Kier alpha value is -2.91. The van der Waals surface area contributed by atoms with E-state index >= 15 is 0 Å². The molecule has 0 radical (unpaired) electrons. The van der Waals surface area contributed by atoms with E-state index in [1.54, 1.807) is 9.80 Å². The number of piperidine rings is 1. The van der Waals surface area contributed by atoms with Crippen molar-refractivity contribution in [2.75, 3.05) is 57.5 Å². The number of carbonyl (C=O) groups is 3. The fourth-order valence-corrected chi connectivity index (χ4v) is 5.68. The first-order valence-corrected chi connectivity index (χ1v) is 12.8. The first kappa shape index (κ1) is 23.8. The Morgan fingerprint density at radius 2 is 1.63 bits per heavy atom. The quantitative estimate of drug-likeness (QED) is 0.595. The van der Waals surface area contributed by atoms with E-state index in [0.717, 1.165) is 10.2 Å². The van der Waals surface area contributed by atoms with E-state index in [-0.39, 0.29) is 24.3 Å². The number of benzene rings is 2. The molecule has 184 valence electrons. The molecule has 1 spiro atoms. The molecule has 3 aliphatic rings. The van der Waals surface area contributed by atoms with E-state index in [4.69, 9.17) is 4.74 Å². The molecule has 3 aliphatic heterocycles. The third kappa shape index (κ3) is 4.67. The zero-order valence-corrected chi connectivity index (χ0v) is 21.2. The Balaban J connectivity index is 1.35. The molecule has 2 aromatic rings. The number of hydrogen-bond donors (Lipinski definition) is 0. The molecule has 8 nitrogen and oxygen atoms in total. The number of carbonyl (C=O) groups excluding carboxylic acids is 3. The smallest absolute Gasteiger partial charge is 0.253 e. The number of para-hydroxylation sites is 1. The van der Waals surface area contributed by atoms with Crippen LogP contribution >= 0.6 is 15.9 Å². The zero-order valence-electron chi connectivity index (χ0n) is 19.6. The number of rotatable bonds is 4. The lowest BCUT2D eigenvalue weighted by Gasteiger charge is -2.43. The normalized spacial score (nSPS) is 20.0. The number of hydrogen-bond acceptors (Lipinski definition) is 5. The number of anilines is 1. The molecule has 0 N–H and O–H groups in total. The third-order valence-electron chi connectivity index (χ3n) is 7.22. The van der Waals surface area contributed by atoms with Crippen molar-refractivity contribution in [2.45, 2.75) is 18.4 Å². The van der Waals surface area contributed by atoms with Crippen molar-refractivity contribution in [2.24, 2.45) is 0 Å². The minimum Gasteiger partial charge on any atom is -0.378 e. The Labute approximate surface area is 213 Å². The minimum absolute atomic E-state index is 0.0301. The largest absolute Gasteiger partial charge is 0.378 e. The summed E-state index contributed by atoms with van der Waals surface area (Å²) in [4.78, 5) is 47.3. The Morgan fingerprint density at radius 3 is 2.31 bits per heavy atom. The van der Waals surface area contributed by atoms with Crippen molar-refractivity contribution in [3.63, 3.8) is 0 Å². The highest BCUT2D eigenvalue weighted by molar-refractivity contribution is 9.10. The van der Waals surface area contributed by atoms with Crippen LogP contribution in [0.15, 0.2) is 59.1 Å². The molecule has 0 saturated carbocycles. The van der Waals surface area contributed by atoms with Crippen molar-refractivity contribution in [3.8, 4) is 0 Å². The summed E-state index contributed by atoms with van der Waals surface area (Å²) in [7, 11) is 0. The second-order valence-electron chi connectivity index (χ2n) is 9.24. The van der Waals surface area contributed by atoms with E-state index in [1.165, 1.54) is 0 Å². The van der Waals surface area contributed by atoms with Gasteiger partial charge in [-0.2, -0.15) is 0 Å². The highest BCUT2D eigenvalue weighted by Crippen LogP contribution is 2.39. The Morgan fingerprint density at radius 1 is 0.914 bits per heavy atom. The number of amides is 3. The van der Waals surface area contributed by atoms with E-state index in [1.807, 2.05) is 59.5 Å². The predicted molar refractivity (Wildman–Crippen MR) is 135 cm³/mol. The highest BCUT2D eigenvalue weighted by atomic mass is 79.9. The van der Waals surface area contributed by atoms with Gasteiger partial charge < -0.3 is 24.3 Å². The van der Waals surface area contributed by atoms with Gasteiger partial charge >= 0.3 is 0 Å². The molecule has 0 aliphatic carbocycles. The third-order valence-corrected chi connectivity index (χ3v) is 7.71. The first-order chi connectivity index (χ1) is 17.0. The lowest BCUT2D eigenvalue weighted by atomic mass is 9.85. The maximum absolute atomic E-state index is 13.9. The first-order valence-electron chi connectivity index (χ1n) is 12.0. The number of morpholine rings is 1. The van der Waals surface area contributed by atoms with E-state index < -0.39 is 5.54 Å². The molecule has 9 heteroatoms. The zero-order chi connectivity index (χ0) is 24.4. The van der Waals surface area contributed by atoms with Gasteiger partial charge in [-0.25, -0.2) is 0 Å². The van der Waals surface area contributed by atoms with Gasteiger partial charge in [-0.1, -0.05) is 40.2 Å². The molecule has 0 unspecified atom stereocenters. The predicted octanol–water partition coefficient (Wildman–Crippen LogP) is 2.59. The van der Waals surface area contributed by atoms with Crippen LogP contribution in [0.5, 0.6) is 0 Å². The molecule has 3 fully saturated rings. The van der Waals surface area contributed by atoms with Crippen LogP contribution in [0.4, 0.5) is 5.69 Å². The second kappa shape index (κ2) is 9.99. The molecule has 3 heterocycles. The van der Waals surface area contributed by atoms with Crippen molar-refractivity contribution in [3.05, 3.63) is 64.6 Å². The molecule has 5 rings (SSSR count). The minimum atomic E-state index is -0.763. The van der Waals surface area contributed by atoms with Crippen molar-refractivity contribution in [1.82, 2.24) is 14.7 Å². The van der Waals surface area contributed by atoms with Crippen molar-refractivity contribution >= 4 is 39.3 Å². The summed E-state index contributed by atoms with van der Waals surface area (Å²) in [5.74, 6) is -0.108. The molecule has 3 amide bonds. The lowest BCUT2D eigenvalue weighted by Crippen LogP contribution is -2.57. The van der Waals surface area contributed by atoms with Crippen LogP contribution in [0.25, 0.3) is 0 Å². The van der Waals surface area contributed by atoms with Gasteiger partial charge in [-0.05, 0) is 43.2 Å². The summed E-state index contributed by atoms with van der Waals surface area (Å²) in [5, 5.41) is 0. The maximum Gasteiger partial charge on any atom is 0.253 e. The average molecular weight is 541 g/mol. The van der Waals surface area contributed by atoms with E-state index in [0.29, 0.717) is 64.5 Å². The topological polar surface area (TPSA) is 73.4 Å². The van der Waals surface area contributed by atoms with E-state index in [9.17, 15) is 14.4 Å². The van der Waals surface area contributed by atoms with Crippen LogP contribution in [-0.2, 0) is 14.3 Å². The Kier molecular flexibility index (Phi) is 6.80. The highest BCUT2D eigenvalue weighted by Gasteiger charge is 2.54. The van der Waals surface area contributed by atoms with Crippen molar-refractivity contribution in [1.29, 1.82) is 0 Å². The number of halogens is 1. The van der Waals surface area contributed by atoms with Crippen LogP contribution in [0.3, 0.4) is 0 Å². The molecular weight excluding hydrogens is 512 g/mol. The Bertz CT molecular complexity index is 1100. The summed E-state index contributed by atoms with van der Waals surface area (Å²) in [6.07, 6.45) is 1.03. The van der Waals surface area contributed by atoms with Gasteiger partial charge in [-0.15, -0.1) is 0 Å². The standard InChI is InChI=1S/C26H29BrN4O4/c27-21-6-4-5-20(17-21)24(33)29-11-9-26(10-12-29)25(34)30(18-23(32)28-13-15-35-16-14-28)19-31(26)22-7-2-1-3-8-22/h1-8,17H,9-16,18-19H2. The molecule has 3 saturated heterocycles. The van der Waals surface area contributed by atoms with Gasteiger partial charge in [0.15, 0.2) is 0 Å². The summed E-state index contributed by atoms with van der Waals surface area (Å²) in [5.41, 5.74) is 0.820. The molecule has 2 aromatic carbocycles. The lowest BCUT2D eigenvalue weighted by molar-refractivity contribution is -0.143. The number of likely N-dealkylation sites (tertiary alicyclic amines) is 1. The fraction of sp³-hybridized carbons (Fsp3) is 0.423. The average Bonchev–Trinajstić information content (AvgIpc) is 3.16. The second-order valence-corrected chi connectivity index (χ2v) is 10.2. The molecule has 0 atom stereocenters. The van der Waals surface area contributed by atoms with Gasteiger partial charge in [-0.3, -0.25) is 14.4 Å². The van der Waals surface area contributed by atoms with Gasteiger partial charge in [0.1, 0.15) is 12.1 Å². The molecule has 0 aromatic heterocycles. The maximum atomic E-state index is 13.9. The van der Waals surface area contributed by atoms with Crippen LogP contribution in [0, 0.1) is 0 Å². The fourth-order valence-electron chi connectivity index (χ4n) is 5.28. The summed E-state index contributed by atoms with van der Waals surface area (Å²) in [6, 6.07) is 17.3. The van der Waals surface area contributed by atoms with Crippen LogP contribution in [0.1, 0.15) is 23.2 Å². The summed E-state index contributed by atoms with van der Waals surface area (Å²) in [6.45, 7) is 3.55.